The SMILES string of the molecule is CCc1nnc(N2CCC[C@@H](CCC(=O)N(C)CCc3ccccn3)C2)s1. The summed E-state index contributed by atoms with van der Waals surface area (Å²) in [5.41, 5.74) is 1.03. The molecule has 2 aromatic rings. The summed E-state index contributed by atoms with van der Waals surface area (Å²) in [7, 11) is 1.89. The molecule has 0 N–H and O–H groups in total. The maximum Gasteiger partial charge on any atom is 0.222 e. The number of likely N-dealkylation sites (N-methyl/N-ethyl adjacent to an activating group) is 1. The van der Waals surface area contributed by atoms with Gasteiger partial charge < -0.3 is 9.80 Å². The van der Waals surface area contributed by atoms with Crippen LogP contribution in [0.4, 0.5) is 5.13 Å². The van der Waals surface area contributed by atoms with Crippen LogP contribution in [0.15, 0.2) is 24.4 Å². The van der Waals surface area contributed by atoms with E-state index in [4.69, 9.17) is 0 Å². The number of nitrogens with zero attached hydrogens (tertiary/aromatic N) is 5. The molecule has 2 aromatic heterocycles. The predicted octanol–water partition coefficient (Wildman–Crippen LogP) is 3.19. The van der Waals surface area contributed by atoms with Crippen molar-refractivity contribution in [2.75, 3.05) is 31.6 Å². The Hall–Kier alpha value is -2.02. The monoisotopic (exact) mass is 387 g/mol. The summed E-state index contributed by atoms with van der Waals surface area (Å²) in [5.74, 6) is 0.785. The van der Waals surface area contributed by atoms with Crippen molar-refractivity contribution < 1.29 is 4.79 Å². The van der Waals surface area contributed by atoms with Crippen LogP contribution in [-0.2, 0) is 17.6 Å². The first-order valence-corrected chi connectivity index (χ1v) is 10.7. The molecule has 1 saturated heterocycles. The van der Waals surface area contributed by atoms with E-state index in [9.17, 15) is 4.79 Å². The highest BCUT2D eigenvalue weighted by Crippen LogP contribution is 2.28. The molecule has 1 atom stereocenters. The quantitative estimate of drug-likeness (QED) is 0.696. The third-order valence-corrected chi connectivity index (χ3v) is 6.30. The lowest BCUT2D eigenvalue weighted by Crippen LogP contribution is -2.36. The number of pyridine rings is 1. The first-order valence-electron chi connectivity index (χ1n) is 9.87. The van der Waals surface area contributed by atoms with E-state index in [0.29, 0.717) is 12.3 Å². The Labute approximate surface area is 165 Å². The van der Waals surface area contributed by atoms with Gasteiger partial charge in [0.15, 0.2) is 0 Å². The Morgan fingerprint density at radius 1 is 1.37 bits per heavy atom. The van der Waals surface area contributed by atoms with Gasteiger partial charge in [-0.1, -0.05) is 24.3 Å². The van der Waals surface area contributed by atoms with Gasteiger partial charge in [0.2, 0.25) is 11.0 Å². The van der Waals surface area contributed by atoms with Crippen molar-refractivity contribution in [1.29, 1.82) is 0 Å². The van der Waals surface area contributed by atoms with Crippen LogP contribution in [0.3, 0.4) is 0 Å². The van der Waals surface area contributed by atoms with Gasteiger partial charge in [-0.15, -0.1) is 10.2 Å². The topological polar surface area (TPSA) is 62.2 Å². The van der Waals surface area contributed by atoms with E-state index in [1.165, 1.54) is 6.42 Å². The van der Waals surface area contributed by atoms with Gasteiger partial charge in [-0.3, -0.25) is 9.78 Å². The van der Waals surface area contributed by atoms with E-state index >= 15 is 0 Å². The third kappa shape index (κ3) is 5.73. The molecule has 3 heterocycles. The van der Waals surface area contributed by atoms with Crippen LogP contribution >= 0.6 is 11.3 Å². The Morgan fingerprint density at radius 2 is 2.26 bits per heavy atom. The van der Waals surface area contributed by atoms with Crippen LogP contribution in [0.2, 0.25) is 0 Å². The van der Waals surface area contributed by atoms with Gasteiger partial charge >= 0.3 is 0 Å². The molecular weight excluding hydrogens is 358 g/mol. The molecule has 7 heteroatoms. The molecule has 0 bridgehead atoms. The molecular formula is C20H29N5OS. The zero-order chi connectivity index (χ0) is 19.1. The van der Waals surface area contributed by atoms with Crippen molar-refractivity contribution in [3.63, 3.8) is 0 Å². The normalized spacial score (nSPS) is 17.1. The lowest BCUT2D eigenvalue weighted by molar-refractivity contribution is -0.130. The summed E-state index contributed by atoms with van der Waals surface area (Å²) in [6.07, 6.45) is 7.46. The fourth-order valence-corrected chi connectivity index (χ4v) is 4.27. The van der Waals surface area contributed by atoms with Crippen molar-refractivity contribution in [2.24, 2.45) is 5.92 Å². The van der Waals surface area contributed by atoms with Gasteiger partial charge in [-0.2, -0.15) is 0 Å². The number of amides is 1. The van der Waals surface area contributed by atoms with Crippen LogP contribution in [0.25, 0.3) is 0 Å². The molecule has 0 radical (unpaired) electrons. The minimum Gasteiger partial charge on any atom is -0.346 e. The van der Waals surface area contributed by atoms with Crippen LogP contribution in [-0.4, -0.2) is 52.7 Å². The number of piperidine rings is 1. The second-order valence-corrected chi connectivity index (χ2v) is 8.25. The van der Waals surface area contributed by atoms with Crippen molar-refractivity contribution in [3.05, 3.63) is 35.1 Å². The molecule has 3 rings (SSSR count). The first kappa shape index (κ1) is 19.7. The Morgan fingerprint density at radius 3 is 3.00 bits per heavy atom. The van der Waals surface area contributed by atoms with Gasteiger partial charge in [-0.25, -0.2) is 0 Å². The fraction of sp³-hybridized carbons (Fsp3) is 0.600. The minimum absolute atomic E-state index is 0.229. The number of carbonyl (C=O) groups excluding carboxylic acids is 1. The van der Waals surface area contributed by atoms with E-state index in [-0.39, 0.29) is 5.91 Å². The molecule has 27 heavy (non-hydrogen) atoms. The number of hydrogen-bond acceptors (Lipinski definition) is 6. The number of aryl methyl sites for hydroxylation is 1. The average molecular weight is 388 g/mol. The lowest BCUT2D eigenvalue weighted by Gasteiger charge is -2.32. The van der Waals surface area contributed by atoms with E-state index in [1.807, 2.05) is 30.1 Å². The first-order chi connectivity index (χ1) is 13.2. The van der Waals surface area contributed by atoms with Gasteiger partial charge in [-0.05, 0) is 43.7 Å². The Bertz CT molecular complexity index is 720. The summed E-state index contributed by atoms with van der Waals surface area (Å²) >= 11 is 1.70. The highest BCUT2D eigenvalue weighted by molar-refractivity contribution is 7.15. The van der Waals surface area contributed by atoms with Gasteiger partial charge in [0.05, 0.1) is 0 Å². The Kier molecular flexibility index (Phi) is 7.15. The highest BCUT2D eigenvalue weighted by atomic mass is 32.1. The predicted molar refractivity (Wildman–Crippen MR) is 109 cm³/mol. The standard InChI is InChI=1S/C20H29N5OS/c1-3-18-22-23-20(27-18)25-13-6-7-16(15-25)9-10-19(26)24(2)14-11-17-8-4-5-12-21-17/h4-5,8,12,16H,3,6-7,9-11,13-15H2,1-2H3/t16-/m0/s1. The molecule has 0 unspecified atom stereocenters. The maximum absolute atomic E-state index is 12.5. The number of carbonyl (C=O) groups is 1. The Balaban J connectivity index is 1.42. The summed E-state index contributed by atoms with van der Waals surface area (Å²) < 4.78 is 0. The van der Waals surface area contributed by atoms with Gasteiger partial charge in [0, 0.05) is 51.4 Å². The van der Waals surface area contributed by atoms with E-state index < -0.39 is 0 Å². The van der Waals surface area contributed by atoms with Crippen molar-refractivity contribution in [2.45, 2.75) is 45.4 Å². The molecule has 1 fully saturated rings. The van der Waals surface area contributed by atoms with Crippen molar-refractivity contribution >= 4 is 22.4 Å². The molecule has 1 amide bonds. The minimum atomic E-state index is 0.229. The molecule has 0 aromatic carbocycles. The molecule has 0 aliphatic carbocycles. The summed E-state index contributed by atoms with van der Waals surface area (Å²) in [5, 5.41) is 10.7. The largest absolute Gasteiger partial charge is 0.346 e. The highest BCUT2D eigenvalue weighted by Gasteiger charge is 2.23. The number of hydrogen-bond donors (Lipinski definition) is 0. The maximum atomic E-state index is 12.5. The summed E-state index contributed by atoms with van der Waals surface area (Å²) in [4.78, 5) is 21.0. The van der Waals surface area contributed by atoms with Gasteiger partial charge in [0.25, 0.3) is 0 Å². The zero-order valence-corrected chi connectivity index (χ0v) is 17.1. The van der Waals surface area contributed by atoms with Gasteiger partial charge in [0.1, 0.15) is 5.01 Å². The summed E-state index contributed by atoms with van der Waals surface area (Å²) in [6, 6.07) is 5.91. The smallest absolute Gasteiger partial charge is 0.222 e. The van der Waals surface area contributed by atoms with E-state index in [0.717, 1.165) is 61.2 Å². The second-order valence-electron chi connectivity index (χ2n) is 7.21. The number of aromatic nitrogens is 3. The van der Waals surface area contributed by atoms with Crippen LogP contribution in [0.1, 0.15) is 43.3 Å². The molecule has 1 aliphatic rings. The molecule has 6 nitrogen and oxygen atoms in total. The van der Waals surface area contributed by atoms with E-state index in [2.05, 4.69) is 27.0 Å². The number of anilines is 1. The van der Waals surface area contributed by atoms with Crippen molar-refractivity contribution in [1.82, 2.24) is 20.1 Å². The second kappa shape index (κ2) is 9.78. The van der Waals surface area contributed by atoms with Crippen LogP contribution in [0.5, 0.6) is 0 Å². The van der Waals surface area contributed by atoms with E-state index in [1.54, 1.807) is 17.5 Å². The zero-order valence-electron chi connectivity index (χ0n) is 16.3. The average Bonchev–Trinajstić information content (AvgIpc) is 3.20. The third-order valence-electron chi connectivity index (χ3n) is 5.17. The summed E-state index contributed by atoms with van der Waals surface area (Å²) in [6.45, 7) is 4.87. The lowest BCUT2D eigenvalue weighted by atomic mass is 9.93. The molecule has 146 valence electrons. The fourth-order valence-electron chi connectivity index (χ4n) is 3.46. The van der Waals surface area contributed by atoms with Crippen LogP contribution in [0, 0.1) is 5.92 Å². The number of rotatable bonds is 8. The van der Waals surface area contributed by atoms with Crippen molar-refractivity contribution in [3.8, 4) is 0 Å². The van der Waals surface area contributed by atoms with Crippen LogP contribution < -0.4 is 4.90 Å². The molecule has 0 spiro atoms. The molecule has 0 saturated carbocycles. The molecule has 1 aliphatic heterocycles.